The molecule has 1 aromatic heterocycles. The lowest BCUT2D eigenvalue weighted by molar-refractivity contribution is 0.0696. The van der Waals surface area contributed by atoms with E-state index >= 15 is 0 Å². The molecule has 0 saturated heterocycles. The van der Waals surface area contributed by atoms with Crippen molar-refractivity contribution in [2.45, 2.75) is 5.92 Å². The van der Waals surface area contributed by atoms with E-state index in [-0.39, 0.29) is 22.5 Å². The number of para-hydroxylation sites is 1. The maximum atomic E-state index is 12.7. The summed E-state index contributed by atoms with van der Waals surface area (Å²) >= 11 is 0. The van der Waals surface area contributed by atoms with Gasteiger partial charge in [0, 0.05) is 16.5 Å². The maximum Gasteiger partial charge on any atom is 0.335 e. The lowest BCUT2D eigenvalue weighted by atomic mass is 9.98. The Kier molecular flexibility index (Phi) is 3.03. The van der Waals surface area contributed by atoms with E-state index in [1.807, 2.05) is 30.3 Å². The van der Waals surface area contributed by atoms with Gasteiger partial charge in [-0.15, -0.1) is 0 Å². The molecule has 1 N–H and O–H groups in total. The number of hydrogen-bond acceptors (Lipinski definition) is 4. The topological polar surface area (TPSA) is 84.3 Å². The lowest BCUT2D eigenvalue weighted by Crippen LogP contribution is -2.14. The van der Waals surface area contributed by atoms with Gasteiger partial charge in [-0.25, -0.2) is 4.79 Å². The Balaban J connectivity index is 1.82. The van der Waals surface area contributed by atoms with Gasteiger partial charge in [0.1, 0.15) is 5.92 Å². The van der Waals surface area contributed by atoms with Gasteiger partial charge in [0.15, 0.2) is 11.6 Å². The van der Waals surface area contributed by atoms with E-state index in [0.717, 1.165) is 5.39 Å². The third-order valence-corrected chi connectivity index (χ3v) is 4.24. The van der Waals surface area contributed by atoms with Gasteiger partial charge in [-0.05, 0) is 30.3 Å². The van der Waals surface area contributed by atoms with E-state index in [1.165, 1.54) is 18.2 Å². The van der Waals surface area contributed by atoms with Crippen LogP contribution in [0, 0.1) is 0 Å². The number of pyridine rings is 1. The number of benzene rings is 2. The first-order valence-electron chi connectivity index (χ1n) is 7.38. The average Bonchev–Trinajstić information content (AvgIpc) is 2.85. The summed E-state index contributed by atoms with van der Waals surface area (Å²) in [6.45, 7) is 0. The highest BCUT2D eigenvalue weighted by atomic mass is 16.4. The number of fused-ring (bicyclic) bond motifs is 2. The Morgan fingerprint density at radius 3 is 2.46 bits per heavy atom. The van der Waals surface area contributed by atoms with Gasteiger partial charge in [-0.1, -0.05) is 24.3 Å². The SMILES string of the molecule is O=C(O)c1ccc2c(c1)C(=O)C(c1ccc3ccccc3n1)C2=O. The highest BCUT2D eigenvalue weighted by Crippen LogP contribution is 2.34. The Labute approximate surface area is 136 Å². The van der Waals surface area contributed by atoms with Crippen LogP contribution in [-0.2, 0) is 0 Å². The highest BCUT2D eigenvalue weighted by molar-refractivity contribution is 6.30. The molecule has 2 aromatic carbocycles. The summed E-state index contributed by atoms with van der Waals surface area (Å²) in [6.07, 6.45) is 0. The molecule has 0 radical (unpaired) electrons. The monoisotopic (exact) mass is 317 g/mol. The highest BCUT2D eigenvalue weighted by Gasteiger charge is 2.40. The molecule has 0 amide bonds. The zero-order valence-electron chi connectivity index (χ0n) is 12.4. The first-order chi connectivity index (χ1) is 11.6. The first-order valence-corrected chi connectivity index (χ1v) is 7.38. The van der Waals surface area contributed by atoms with Crippen LogP contribution in [-0.4, -0.2) is 27.6 Å². The van der Waals surface area contributed by atoms with Crippen LogP contribution in [0.25, 0.3) is 10.9 Å². The van der Waals surface area contributed by atoms with Crippen molar-refractivity contribution in [2.75, 3.05) is 0 Å². The number of ketones is 2. The minimum atomic E-state index is -1.13. The van der Waals surface area contributed by atoms with Crippen LogP contribution < -0.4 is 0 Å². The van der Waals surface area contributed by atoms with Crippen molar-refractivity contribution < 1.29 is 19.5 Å². The summed E-state index contributed by atoms with van der Waals surface area (Å²) in [5.41, 5.74) is 1.49. The van der Waals surface area contributed by atoms with Gasteiger partial charge >= 0.3 is 5.97 Å². The second-order valence-electron chi connectivity index (χ2n) is 5.66. The molecule has 0 spiro atoms. The molecular weight excluding hydrogens is 306 g/mol. The van der Waals surface area contributed by atoms with Crippen molar-refractivity contribution in [3.05, 3.63) is 77.0 Å². The Bertz CT molecular complexity index is 1040. The minimum absolute atomic E-state index is 0.0120. The second kappa shape index (κ2) is 5.09. The number of carboxylic acids is 1. The van der Waals surface area contributed by atoms with Crippen LogP contribution in [0.5, 0.6) is 0 Å². The molecule has 116 valence electrons. The molecule has 0 aliphatic heterocycles. The van der Waals surface area contributed by atoms with Gasteiger partial charge in [0.05, 0.1) is 16.8 Å². The summed E-state index contributed by atoms with van der Waals surface area (Å²) in [6, 6.07) is 14.9. The molecule has 5 nitrogen and oxygen atoms in total. The fourth-order valence-electron chi connectivity index (χ4n) is 3.04. The summed E-state index contributed by atoms with van der Waals surface area (Å²) in [4.78, 5) is 40.8. The number of hydrogen-bond donors (Lipinski definition) is 1. The zero-order valence-corrected chi connectivity index (χ0v) is 12.4. The molecule has 0 bridgehead atoms. The van der Waals surface area contributed by atoms with E-state index in [0.29, 0.717) is 11.2 Å². The van der Waals surface area contributed by atoms with E-state index in [2.05, 4.69) is 4.98 Å². The van der Waals surface area contributed by atoms with Crippen LogP contribution in [0.3, 0.4) is 0 Å². The number of carbonyl (C=O) groups excluding carboxylic acids is 2. The Morgan fingerprint density at radius 1 is 0.917 bits per heavy atom. The molecule has 3 aromatic rings. The fraction of sp³-hybridized carbons (Fsp3) is 0.0526. The van der Waals surface area contributed by atoms with Gasteiger partial charge in [0.25, 0.3) is 0 Å². The number of rotatable bonds is 2. The third kappa shape index (κ3) is 2.02. The second-order valence-corrected chi connectivity index (χ2v) is 5.66. The molecule has 1 aliphatic carbocycles. The Morgan fingerprint density at radius 2 is 1.67 bits per heavy atom. The minimum Gasteiger partial charge on any atom is -0.478 e. The molecule has 24 heavy (non-hydrogen) atoms. The third-order valence-electron chi connectivity index (χ3n) is 4.24. The predicted octanol–water partition coefficient (Wildman–Crippen LogP) is 3.10. The van der Waals surface area contributed by atoms with Crippen molar-refractivity contribution in [3.63, 3.8) is 0 Å². The van der Waals surface area contributed by atoms with Crippen molar-refractivity contribution in [1.29, 1.82) is 0 Å². The number of Topliss-reactive ketones (excluding diaryl/α,β-unsaturated/α-hetero) is 2. The van der Waals surface area contributed by atoms with Crippen molar-refractivity contribution in [2.24, 2.45) is 0 Å². The van der Waals surface area contributed by atoms with Gasteiger partial charge in [-0.2, -0.15) is 0 Å². The normalized spacial score (nSPS) is 16.4. The zero-order chi connectivity index (χ0) is 16.8. The predicted molar refractivity (Wildman–Crippen MR) is 86.5 cm³/mol. The fourth-order valence-corrected chi connectivity index (χ4v) is 3.04. The summed E-state index contributed by atoms with van der Waals surface area (Å²) in [7, 11) is 0. The van der Waals surface area contributed by atoms with Crippen LogP contribution in [0.2, 0.25) is 0 Å². The van der Waals surface area contributed by atoms with Crippen molar-refractivity contribution in [3.8, 4) is 0 Å². The molecule has 4 rings (SSSR count). The molecule has 1 aliphatic rings. The van der Waals surface area contributed by atoms with Crippen LogP contribution in [0.4, 0.5) is 0 Å². The maximum absolute atomic E-state index is 12.7. The van der Waals surface area contributed by atoms with E-state index in [1.54, 1.807) is 6.07 Å². The van der Waals surface area contributed by atoms with Gasteiger partial charge < -0.3 is 5.11 Å². The largest absolute Gasteiger partial charge is 0.478 e. The van der Waals surface area contributed by atoms with Crippen molar-refractivity contribution in [1.82, 2.24) is 4.98 Å². The average molecular weight is 317 g/mol. The van der Waals surface area contributed by atoms with E-state index in [9.17, 15) is 14.4 Å². The standard InChI is InChI=1S/C19H11NO4/c21-17-12-7-5-11(19(23)24)9-13(12)18(22)16(17)15-8-6-10-3-1-2-4-14(10)20-15/h1-9,16H,(H,23,24). The van der Waals surface area contributed by atoms with E-state index in [4.69, 9.17) is 5.11 Å². The van der Waals surface area contributed by atoms with Gasteiger partial charge in [-0.3, -0.25) is 14.6 Å². The first kappa shape index (κ1) is 14.3. The molecule has 1 atom stereocenters. The molecule has 1 unspecified atom stereocenters. The quantitative estimate of drug-likeness (QED) is 0.734. The lowest BCUT2D eigenvalue weighted by Gasteiger charge is -2.07. The number of carboxylic acid groups (broad SMARTS) is 1. The molecule has 0 saturated carbocycles. The molecule has 0 fully saturated rings. The summed E-state index contributed by atoms with van der Waals surface area (Å²) < 4.78 is 0. The van der Waals surface area contributed by atoms with Crippen molar-refractivity contribution >= 4 is 28.4 Å². The van der Waals surface area contributed by atoms with Gasteiger partial charge in [0.2, 0.25) is 0 Å². The number of aromatic nitrogens is 1. The summed E-state index contributed by atoms with van der Waals surface area (Å²) in [5.74, 6) is -2.88. The van der Waals surface area contributed by atoms with Crippen LogP contribution >= 0.6 is 0 Å². The summed E-state index contributed by atoms with van der Waals surface area (Å²) in [5, 5.41) is 9.98. The number of nitrogens with zero attached hydrogens (tertiary/aromatic N) is 1. The molecule has 1 heterocycles. The molecular formula is C19H11NO4. The van der Waals surface area contributed by atoms with Crippen LogP contribution in [0.15, 0.2) is 54.6 Å². The smallest absolute Gasteiger partial charge is 0.335 e. The number of aromatic carboxylic acids is 1. The van der Waals surface area contributed by atoms with E-state index < -0.39 is 17.7 Å². The number of carbonyl (C=O) groups is 3. The van der Waals surface area contributed by atoms with Crippen LogP contribution in [0.1, 0.15) is 42.7 Å². The Hall–Kier alpha value is -3.34. The molecule has 5 heteroatoms.